The van der Waals surface area contributed by atoms with E-state index in [0.717, 1.165) is 52.9 Å². The summed E-state index contributed by atoms with van der Waals surface area (Å²) in [6, 6.07) is 33.6. The minimum atomic E-state index is -0.531. The van der Waals surface area contributed by atoms with Gasteiger partial charge in [-0.2, -0.15) is 0 Å². The Balaban J connectivity index is 1.34. The molecule has 2 N–H and O–H groups in total. The monoisotopic (exact) mass is 562 g/mol. The minimum absolute atomic E-state index is 0.0138. The van der Waals surface area contributed by atoms with Crippen LogP contribution in [0.3, 0.4) is 0 Å². The average molecular weight is 563 g/mol. The fourth-order valence-electron chi connectivity index (χ4n) is 5.28. The first-order valence-electron chi connectivity index (χ1n) is 14.3. The highest BCUT2D eigenvalue weighted by molar-refractivity contribution is 5.94. The van der Waals surface area contributed by atoms with Crippen molar-refractivity contribution in [3.05, 3.63) is 144 Å². The topological polar surface area (TPSA) is 71.0 Å². The van der Waals surface area contributed by atoms with Gasteiger partial charge >= 0.3 is 0 Å². The van der Waals surface area contributed by atoms with Crippen LogP contribution in [0.4, 0.5) is 0 Å². The summed E-state index contributed by atoms with van der Waals surface area (Å²) < 4.78 is 13.1. The molecule has 1 saturated heterocycles. The maximum absolute atomic E-state index is 12.5. The number of aliphatic hydroxyl groups excluding tert-OH is 1. The van der Waals surface area contributed by atoms with E-state index in [1.807, 2.05) is 84.9 Å². The highest BCUT2D eigenvalue weighted by Crippen LogP contribution is 2.39. The van der Waals surface area contributed by atoms with Gasteiger partial charge in [-0.15, -0.1) is 6.58 Å². The zero-order valence-electron chi connectivity index (χ0n) is 24.0. The van der Waals surface area contributed by atoms with Crippen LogP contribution in [0.25, 0.3) is 11.1 Å². The number of likely N-dealkylation sites (N-methyl/N-ethyl adjacent to an activating group) is 1. The van der Waals surface area contributed by atoms with Gasteiger partial charge < -0.3 is 24.8 Å². The van der Waals surface area contributed by atoms with Gasteiger partial charge in [-0.05, 0) is 59.1 Å². The Morgan fingerprint density at radius 2 is 1.64 bits per heavy atom. The maximum Gasteiger partial charge on any atom is 0.251 e. The summed E-state index contributed by atoms with van der Waals surface area (Å²) in [4.78, 5) is 14.7. The number of carbonyl (C=O) groups is 1. The molecular formula is C36H38N2O4. The molecule has 1 heterocycles. The largest absolute Gasteiger partial charge is 0.392 e. The molecule has 0 spiro atoms. The van der Waals surface area contributed by atoms with Crippen molar-refractivity contribution in [2.45, 2.75) is 38.1 Å². The summed E-state index contributed by atoms with van der Waals surface area (Å²) in [5.74, 6) is -0.0940. The molecule has 42 heavy (non-hydrogen) atoms. The van der Waals surface area contributed by atoms with Crippen LogP contribution in [-0.4, -0.2) is 42.2 Å². The van der Waals surface area contributed by atoms with Gasteiger partial charge in [0.1, 0.15) is 0 Å². The van der Waals surface area contributed by atoms with Crippen molar-refractivity contribution in [3.8, 4) is 11.1 Å². The number of rotatable bonds is 11. The van der Waals surface area contributed by atoms with Crippen LogP contribution in [0.2, 0.25) is 0 Å². The number of benzene rings is 4. The summed E-state index contributed by atoms with van der Waals surface area (Å²) in [6.45, 7) is 5.85. The predicted octanol–water partition coefficient (Wildman–Crippen LogP) is 6.44. The van der Waals surface area contributed by atoms with Crippen molar-refractivity contribution in [1.29, 1.82) is 0 Å². The standard InChI is InChI=1S/C36H38N2O4/c1-3-19-38(2)24-33-22-34(28-17-15-26(25-39)16-18-28)42-36(41-33)32-14-8-13-31(21-32)30-12-7-9-27(20-30)23-37-35(40)29-10-5-4-6-11-29/h3-18,20-21,33-34,36,39H,1,19,22-25H2,2H3,(H,37,40)/t33-,34+,36+/m1/s1. The van der Waals surface area contributed by atoms with Crippen LogP contribution >= 0.6 is 0 Å². The van der Waals surface area contributed by atoms with Crippen LogP contribution in [-0.2, 0) is 22.6 Å². The molecule has 0 aromatic heterocycles. The van der Waals surface area contributed by atoms with Crippen LogP contribution in [0, 0.1) is 0 Å². The molecule has 1 fully saturated rings. The number of nitrogens with one attached hydrogen (secondary N) is 1. The van der Waals surface area contributed by atoms with E-state index in [0.29, 0.717) is 12.1 Å². The Labute approximate surface area is 248 Å². The normalized spacial score (nSPS) is 18.5. The summed E-state index contributed by atoms with van der Waals surface area (Å²) >= 11 is 0. The fraction of sp³-hybridized carbons (Fsp3) is 0.250. The van der Waals surface area contributed by atoms with Gasteiger partial charge in [0.2, 0.25) is 0 Å². The van der Waals surface area contributed by atoms with Gasteiger partial charge in [0.05, 0.1) is 18.8 Å². The molecule has 3 atom stereocenters. The van der Waals surface area contributed by atoms with Gasteiger partial charge in [-0.25, -0.2) is 0 Å². The highest BCUT2D eigenvalue weighted by Gasteiger charge is 2.32. The zero-order valence-corrected chi connectivity index (χ0v) is 24.0. The molecule has 1 aliphatic rings. The number of ether oxygens (including phenoxy) is 2. The third-order valence-electron chi connectivity index (χ3n) is 7.48. The number of nitrogens with zero attached hydrogens (tertiary/aromatic N) is 1. The second-order valence-electron chi connectivity index (χ2n) is 10.7. The van der Waals surface area contributed by atoms with E-state index in [4.69, 9.17) is 9.47 Å². The number of aliphatic hydroxyl groups is 1. The van der Waals surface area contributed by atoms with Crippen LogP contribution in [0.5, 0.6) is 0 Å². The molecule has 0 unspecified atom stereocenters. The van der Waals surface area contributed by atoms with Crippen molar-refractivity contribution >= 4 is 5.91 Å². The smallest absolute Gasteiger partial charge is 0.251 e. The second-order valence-corrected chi connectivity index (χ2v) is 10.7. The maximum atomic E-state index is 12.5. The molecule has 6 heteroatoms. The zero-order chi connectivity index (χ0) is 29.3. The van der Waals surface area contributed by atoms with Crippen molar-refractivity contribution < 1.29 is 19.4 Å². The minimum Gasteiger partial charge on any atom is -0.392 e. The first-order valence-corrected chi connectivity index (χ1v) is 14.3. The summed E-state index contributed by atoms with van der Waals surface area (Å²) in [6.07, 6.45) is 1.92. The van der Waals surface area contributed by atoms with Gasteiger partial charge in [0.25, 0.3) is 5.91 Å². The average Bonchev–Trinajstić information content (AvgIpc) is 3.04. The number of amides is 1. The molecular weight excluding hydrogens is 524 g/mol. The van der Waals surface area contributed by atoms with E-state index in [1.54, 1.807) is 0 Å². The third kappa shape index (κ3) is 7.60. The van der Waals surface area contributed by atoms with Gasteiger partial charge in [0.15, 0.2) is 6.29 Å². The fourth-order valence-corrected chi connectivity index (χ4v) is 5.28. The number of hydrogen-bond donors (Lipinski definition) is 2. The summed E-state index contributed by atoms with van der Waals surface area (Å²) in [5.41, 5.74) is 6.65. The molecule has 1 amide bonds. The Kier molecular flexibility index (Phi) is 9.95. The molecule has 6 nitrogen and oxygen atoms in total. The van der Waals surface area contributed by atoms with Gasteiger partial charge in [-0.3, -0.25) is 4.79 Å². The van der Waals surface area contributed by atoms with Crippen LogP contribution in [0.1, 0.15) is 51.4 Å². The predicted molar refractivity (Wildman–Crippen MR) is 166 cm³/mol. The third-order valence-corrected chi connectivity index (χ3v) is 7.48. The molecule has 4 aromatic carbocycles. The van der Waals surface area contributed by atoms with Gasteiger partial charge in [0, 0.05) is 37.2 Å². The van der Waals surface area contributed by atoms with Crippen LogP contribution in [0.15, 0.2) is 116 Å². The van der Waals surface area contributed by atoms with Crippen molar-refractivity contribution in [2.24, 2.45) is 0 Å². The molecule has 0 aliphatic carbocycles. The lowest BCUT2D eigenvalue weighted by Crippen LogP contribution is -2.37. The van der Waals surface area contributed by atoms with Crippen molar-refractivity contribution in [3.63, 3.8) is 0 Å². The Morgan fingerprint density at radius 1 is 0.905 bits per heavy atom. The molecule has 4 aromatic rings. The molecule has 216 valence electrons. The molecule has 0 bridgehead atoms. The second kappa shape index (κ2) is 14.2. The first kappa shape index (κ1) is 29.4. The highest BCUT2D eigenvalue weighted by atomic mass is 16.7. The Bertz CT molecular complexity index is 1470. The lowest BCUT2D eigenvalue weighted by Gasteiger charge is -2.37. The van der Waals surface area contributed by atoms with E-state index in [9.17, 15) is 9.90 Å². The number of hydrogen-bond acceptors (Lipinski definition) is 5. The van der Waals surface area contributed by atoms with Crippen molar-refractivity contribution in [1.82, 2.24) is 10.2 Å². The molecule has 1 aliphatic heterocycles. The summed E-state index contributed by atoms with van der Waals surface area (Å²) in [7, 11) is 2.07. The Morgan fingerprint density at radius 3 is 2.38 bits per heavy atom. The lowest BCUT2D eigenvalue weighted by molar-refractivity contribution is -0.252. The lowest BCUT2D eigenvalue weighted by atomic mass is 9.98. The quantitative estimate of drug-likeness (QED) is 0.206. The molecule has 0 saturated carbocycles. The van der Waals surface area contributed by atoms with E-state index in [1.165, 1.54) is 0 Å². The molecule has 5 rings (SSSR count). The SMILES string of the molecule is C=CCN(C)C[C@H]1C[C@@H](c2ccc(CO)cc2)O[C@@H](c2cccc(-c3cccc(CNC(=O)c4ccccc4)c3)c2)O1. The molecule has 0 radical (unpaired) electrons. The summed E-state index contributed by atoms with van der Waals surface area (Å²) in [5, 5.41) is 12.5. The van der Waals surface area contributed by atoms with Crippen LogP contribution < -0.4 is 5.32 Å². The van der Waals surface area contributed by atoms with E-state index in [-0.39, 0.29) is 24.7 Å². The number of carbonyl (C=O) groups excluding carboxylic acids is 1. The van der Waals surface area contributed by atoms with Gasteiger partial charge in [-0.1, -0.05) is 84.9 Å². The Hall–Kier alpha value is -4.07. The van der Waals surface area contributed by atoms with E-state index >= 15 is 0 Å². The first-order chi connectivity index (χ1) is 20.5. The van der Waals surface area contributed by atoms with Crippen molar-refractivity contribution in [2.75, 3.05) is 20.1 Å². The van der Waals surface area contributed by atoms with E-state index in [2.05, 4.69) is 48.1 Å². The van der Waals surface area contributed by atoms with E-state index < -0.39 is 6.29 Å².